The van der Waals surface area contributed by atoms with E-state index in [9.17, 15) is 0 Å². The maximum absolute atomic E-state index is 5.87. The van der Waals surface area contributed by atoms with Gasteiger partial charge in [0.1, 0.15) is 12.4 Å². The van der Waals surface area contributed by atoms with Crippen LogP contribution in [0.25, 0.3) is 0 Å². The van der Waals surface area contributed by atoms with Crippen LogP contribution >= 0.6 is 31.9 Å². The van der Waals surface area contributed by atoms with Gasteiger partial charge in [-0.2, -0.15) is 5.10 Å². The third-order valence-corrected chi connectivity index (χ3v) is 4.59. The molecular formula is C20H16Br2N2O. The molecule has 0 heterocycles. The Hall–Kier alpha value is -2.11. The SMILES string of the molecule is Brc1ccc(COc2ccc(/C=N\Nc3ccccc3)cc2Br)cc1. The van der Waals surface area contributed by atoms with Crippen LogP contribution in [0.3, 0.4) is 0 Å². The highest BCUT2D eigenvalue weighted by Gasteiger charge is 2.03. The minimum atomic E-state index is 0.523. The van der Waals surface area contributed by atoms with Crippen molar-refractivity contribution in [3.63, 3.8) is 0 Å². The molecule has 0 bridgehead atoms. The van der Waals surface area contributed by atoms with E-state index in [0.717, 1.165) is 31.5 Å². The van der Waals surface area contributed by atoms with Crippen molar-refractivity contribution in [3.05, 3.63) is 92.9 Å². The lowest BCUT2D eigenvalue weighted by Crippen LogP contribution is -1.96. The van der Waals surface area contributed by atoms with E-state index in [1.165, 1.54) is 0 Å². The predicted molar refractivity (Wildman–Crippen MR) is 110 cm³/mol. The van der Waals surface area contributed by atoms with E-state index in [2.05, 4.69) is 42.4 Å². The molecule has 0 aliphatic rings. The van der Waals surface area contributed by atoms with Crippen LogP contribution in [0.2, 0.25) is 0 Å². The maximum Gasteiger partial charge on any atom is 0.134 e. The Kier molecular flexibility index (Phi) is 6.25. The number of ether oxygens (including phenoxy) is 1. The van der Waals surface area contributed by atoms with Crippen LogP contribution in [-0.4, -0.2) is 6.21 Å². The first kappa shape index (κ1) is 17.7. The summed E-state index contributed by atoms with van der Waals surface area (Å²) < 4.78 is 7.83. The van der Waals surface area contributed by atoms with Crippen molar-refractivity contribution in [1.29, 1.82) is 0 Å². The molecule has 0 saturated heterocycles. The van der Waals surface area contributed by atoms with E-state index < -0.39 is 0 Å². The van der Waals surface area contributed by atoms with E-state index in [1.54, 1.807) is 6.21 Å². The molecule has 0 aromatic heterocycles. The second-order valence-electron chi connectivity index (χ2n) is 5.34. The molecule has 0 atom stereocenters. The largest absolute Gasteiger partial charge is 0.488 e. The quantitative estimate of drug-likeness (QED) is 0.349. The van der Waals surface area contributed by atoms with Crippen molar-refractivity contribution in [2.75, 3.05) is 5.43 Å². The fourth-order valence-corrected chi connectivity index (χ4v) is 2.93. The lowest BCUT2D eigenvalue weighted by molar-refractivity contribution is 0.304. The van der Waals surface area contributed by atoms with E-state index >= 15 is 0 Å². The molecule has 1 N–H and O–H groups in total. The summed E-state index contributed by atoms with van der Waals surface area (Å²) in [6, 6.07) is 23.8. The minimum absolute atomic E-state index is 0.523. The summed E-state index contributed by atoms with van der Waals surface area (Å²) in [6.45, 7) is 0.523. The van der Waals surface area contributed by atoms with Gasteiger partial charge in [-0.25, -0.2) is 0 Å². The number of nitrogens with one attached hydrogen (secondary N) is 1. The second-order valence-corrected chi connectivity index (χ2v) is 7.11. The summed E-state index contributed by atoms with van der Waals surface area (Å²) in [6.07, 6.45) is 1.77. The van der Waals surface area contributed by atoms with Crippen molar-refractivity contribution >= 4 is 43.8 Å². The first-order chi connectivity index (χ1) is 12.2. The van der Waals surface area contributed by atoms with Gasteiger partial charge in [0.2, 0.25) is 0 Å². The lowest BCUT2D eigenvalue weighted by atomic mass is 10.2. The summed E-state index contributed by atoms with van der Waals surface area (Å²) in [4.78, 5) is 0. The summed E-state index contributed by atoms with van der Waals surface area (Å²) in [7, 11) is 0. The van der Waals surface area contributed by atoms with Crippen LogP contribution in [0.1, 0.15) is 11.1 Å². The number of halogens is 2. The van der Waals surface area contributed by atoms with Crippen molar-refractivity contribution in [3.8, 4) is 5.75 Å². The zero-order valence-corrected chi connectivity index (χ0v) is 16.5. The molecule has 5 heteroatoms. The molecule has 0 unspecified atom stereocenters. The second kappa shape index (κ2) is 8.83. The fourth-order valence-electron chi connectivity index (χ4n) is 2.15. The molecule has 0 spiro atoms. The predicted octanol–water partition coefficient (Wildman–Crippen LogP) is 6.24. The monoisotopic (exact) mass is 458 g/mol. The number of hydrogen-bond donors (Lipinski definition) is 1. The average molecular weight is 460 g/mol. The van der Waals surface area contributed by atoms with Crippen molar-refractivity contribution < 1.29 is 4.74 Å². The van der Waals surface area contributed by atoms with Gasteiger partial charge in [-0.1, -0.05) is 46.3 Å². The highest BCUT2D eigenvalue weighted by atomic mass is 79.9. The zero-order chi connectivity index (χ0) is 17.5. The molecule has 3 nitrogen and oxygen atoms in total. The number of benzene rings is 3. The summed E-state index contributed by atoms with van der Waals surface area (Å²) >= 11 is 6.99. The highest BCUT2D eigenvalue weighted by molar-refractivity contribution is 9.10. The molecule has 3 rings (SSSR count). The molecule has 25 heavy (non-hydrogen) atoms. The molecule has 3 aromatic rings. The number of nitrogens with zero attached hydrogens (tertiary/aromatic N) is 1. The normalized spacial score (nSPS) is 10.8. The number of para-hydroxylation sites is 1. The molecule has 126 valence electrons. The van der Waals surface area contributed by atoms with E-state index in [-0.39, 0.29) is 0 Å². The van der Waals surface area contributed by atoms with Gasteiger partial charge in [-0.05, 0) is 69.5 Å². The number of hydrazone groups is 1. The van der Waals surface area contributed by atoms with Gasteiger partial charge in [-0.15, -0.1) is 0 Å². The van der Waals surface area contributed by atoms with Crippen LogP contribution in [0, 0.1) is 0 Å². The van der Waals surface area contributed by atoms with Gasteiger partial charge in [0.15, 0.2) is 0 Å². The maximum atomic E-state index is 5.87. The Labute approximate surface area is 164 Å². The third kappa shape index (κ3) is 5.44. The summed E-state index contributed by atoms with van der Waals surface area (Å²) in [5.74, 6) is 0.802. The summed E-state index contributed by atoms with van der Waals surface area (Å²) in [5.41, 5.74) is 6.05. The summed E-state index contributed by atoms with van der Waals surface area (Å²) in [5, 5.41) is 4.24. The molecule has 0 aliphatic heterocycles. The van der Waals surface area contributed by atoms with Gasteiger partial charge in [-0.3, -0.25) is 5.43 Å². The van der Waals surface area contributed by atoms with Gasteiger partial charge >= 0.3 is 0 Å². The molecular weight excluding hydrogens is 444 g/mol. The topological polar surface area (TPSA) is 33.6 Å². The number of anilines is 1. The van der Waals surface area contributed by atoms with Crippen LogP contribution in [0.15, 0.2) is 86.8 Å². The molecule has 3 aromatic carbocycles. The Morgan fingerprint density at radius 3 is 2.40 bits per heavy atom. The van der Waals surface area contributed by atoms with E-state index in [4.69, 9.17) is 4.74 Å². The minimum Gasteiger partial charge on any atom is -0.488 e. The van der Waals surface area contributed by atoms with Crippen molar-refractivity contribution in [2.45, 2.75) is 6.61 Å². The Morgan fingerprint density at radius 1 is 0.920 bits per heavy atom. The number of rotatable bonds is 6. The van der Waals surface area contributed by atoms with E-state index in [1.807, 2.05) is 72.8 Å². The van der Waals surface area contributed by atoms with Crippen molar-refractivity contribution in [2.24, 2.45) is 5.10 Å². The molecule has 0 radical (unpaired) electrons. The smallest absolute Gasteiger partial charge is 0.134 e. The Morgan fingerprint density at radius 2 is 1.68 bits per heavy atom. The first-order valence-corrected chi connectivity index (χ1v) is 9.30. The van der Waals surface area contributed by atoms with Crippen molar-refractivity contribution in [1.82, 2.24) is 0 Å². The molecule has 0 fully saturated rings. The van der Waals surface area contributed by atoms with Gasteiger partial charge in [0.05, 0.1) is 16.4 Å². The molecule has 0 aliphatic carbocycles. The lowest BCUT2D eigenvalue weighted by Gasteiger charge is -2.09. The highest BCUT2D eigenvalue weighted by Crippen LogP contribution is 2.26. The standard InChI is InChI=1S/C20H16Br2N2O/c21-17-9-6-15(7-10-17)14-25-20-11-8-16(12-19(20)22)13-23-24-18-4-2-1-3-5-18/h1-13,24H,14H2/b23-13-. The molecule has 0 saturated carbocycles. The van der Waals surface area contributed by atoms with Crippen LogP contribution in [0.5, 0.6) is 5.75 Å². The van der Waals surface area contributed by atoms with Crippen LogP contribution in [0.4, 0.5) is 5.69 Å². The Bertz CT molecular complexity index is 849. The average Bonchev–Trinajstić information content (AvgIpc) is 2.63. The fraction of sp³-hybridized carbons (Fsp3) is 0.0500. The van der Waals surface area contributed by atoms with Gasteiger partial charge in [0.25, 0.3) is 0 Å². The van der Waals surface area contributed by atoms with Gasteiger partial charge in [0, 0.05) is 4.47 Å². The first-order valence-electron chi connectivity index (χ1n) is 7.71. The van der Waals surface area contributed by atoms with Crippen LogP contribution in [-0.2, 0) is 6.61 Å². The Balaban J connectivity index is 1.59. The zero-order valence-electron chi connectivity index (χ0n) is 13.3. The van der Waals surface area contributed by atoms with Gasteiger partial charge < -0.3 is 4.74 Å². The third-order valence-electron chi connectivity index (χ3n) is 3.44. The number of hydrogen-bond acceptors (Lipinski definition) is 3. The van der Waals surface area contributed by atoms with Crippen LogP contribution < -0.4 is 10.2 Å². The van der Waals surface area contributed by atoms with E-state index in [0.29, 0.717) is 6.61 Å². The molecule has 0 amide bonds.